The highest BCUT2D eigenvalue weighted by atomic mass is 28.4. The number of H-pyrrole nitrogens is 1. The average Bonchev–Trinajstić information content (AvgIpc) is 3.25. The molecule has 1 aromatic rings. The van der Waals surface area contributed by atoms with E-state index in [9.17, 15) is 9.59 Å². The summed E-state index contributed by atoms with van der Waals surface area (Å²) in [6.45, 7) is 14.2. The molecule has 0 radical (unpaired) electrons. The molecule has 0 spiro atoms. The van der Waals surface area contributed by atoms with Crippen molar-refractivity contribution >= 4 is 8.32 Å². The Labute approximate surface area is 255 Å². The van der Waals surface area contributed by atoms with E-state index >= 15 is 0 Å². The fourth-order valence-corrected chi connectivity index (χ4v) is 6.53. The van der Waals surface area contributed by atoms with Crippen molar-refractivity contribution in [3.8, 4) is 0 Å². The van der Waals surface area contributed by atoms with Crippen LogP contribution in [-0.2, 0) is 18.7 Å². The number of rotatable bonds is 22. The number of hydrogen-bond acceptors (Lipinski definition) is 7. The van der Waals surface area contributed by atoms with E-state index in [2.05, 4.69) is 51.3 Å². The molecule has 10 heteroatoms. The van der Waals surface area contributed by atoms with Crippen molar-refractivity contribution in [3.63, 3.8) is 0 Å². The molecular weight excluding hydrogens is 550 g/mol. The van der Waals surface area contributed by atoms with Gasteiger partial charge in [0.05, 0.1) is 6.61 Å². The molecule has 0 aromatic carbocycles. The first-order valence-electron chi connectivity index (χ1n) is 16.5. The van der Waals surface area contributed by atoms with Crippen LogP contribution < -0.4 is 16.7 Å². The topological polar surface area (TPSA) is 104 Å². The predicted octanol–water partition coefficient (Wildman–Crippen LogP) is 6.84. The van der Waals surface area contributed by atoms with Gasteiger partial charge in [-0.1, -0.05) is 111 Å². The van der Waals surface area contributed by atoms with Crippen LogP contribution in [0, 0.1) is 0 Å². The zero-order chi connectivity index (χ0) is 31.0. The zero-order valence-electron chi connectivity index (χ0n) is 27.7. The third kappa shape index (κ3) is 12.4. The van der Waals surface area contributed by atoms with Crippen LogP contribution in [0.5, 0.6) is 0 Å². The first kappa shape index (κ1) is 36.9. The lowest BCUT2D eigenvalue weighted by Gasteiger charge is -2.40. The van der Waals surface area contributed by atoms with E-state index in [0.717, 1.165) is 13.0 Å². The maximum atomic E-state index is 12.6. The van der Waals surface area contributed by atoms with Crippen molar-refractivity contribution in [2.75, 3.05) is 20.3 Å². The Morgan fingerprint density at radius 2 is 1.45 bits per heavy atom. The van der Waals surface area contributed by atoms with Gasteiger partial charge in [0.1, 0.15) is 18.3 Å². The normalized spacial score (nSPS) is 21.3. The number of ether oxygens (including phenoxy) is 2. The smallest absolute Gasteiger partial charge is 0.330 e. The van der Waals surface area contributed by atoms with E-state index in [0.29, 0.717) is 0 Å². The van der Waals surface area contributed by atoms with Crippen molar-refractivity contribution < 1.29 is 18.7 Å². The quantitative estimate of drug-likeness (QED) is 0.0840. The number of aromatic amines is 1. The van der Waals surface area contributed by atoms with E-state index in [4.69, 9.17) is 18.7 Å². The molecule has 1 aliphatic heterocycles. The van der Waals surface area contributed by atoms with Crippen molar-refractivity contribution in [2.45, 2.75) is 160 Å². The second-order valence-corrected chi connectivity index (χ2v) is 18.2. The second kappa shape index (κ2) is 19.2. The molecule has 2 N–H and O–H groups in total. The Balaban J connectivity index is 1.74. The van der Waals surface area contributed by atoms with Gasteiger partial charge in [-0.3, -0.25) is 19.2 Å². The largest absolute Gasteiger partial charge is 0.408 e. The zero-order valence-corrected chi connectivity index (χ0v) is 28.7. The molecule has 4 unspecified atom stereocenters. The fourth-order valence-electron chi connectivity index (χ4n) is 5.21. The number of methoxy groups -OCH3 is 1. The van der Waals surface area contributed by atoms with Gasteiger partial charge in [-0.15, -0.1) is 0 Å². The Morgan fingerprint density at radius 3 is 1.95 bits per heavy atom. The predicted molar refractivity (Wildman–Crippen MR) is 172 cm³/mol. The summed E-state index contributed by atoms with van der Waals surface area (Å²) in [5.74, 6) is 0. The summed E-state index contributed by atoms with van der Waals surface area (Å²) in [4.78, 5) is 32.4. The van der Waals surface area contributed by atoms with Crippen LogP contribution in [-0.4, -0.2) is 56.4 Å². The van der Waals surface area contributed by atoms with Gasteiger partial charge < -0.3 is 13.9 Å². The average molecular weight is 612 g/mol. The molecular formula is C32H61N3O6Si. The summed E-state index contributed by atoms with van der Waals surface area (Å²) in [5.41, 5.74) is 2.10. The van der Waals surface area contributed by atoms with E-state index in [1.807, 2.05) is 0 Å². The number of nitrogens with zero attached hydrogens (tertiary/aromatic N) is 1. The Bertz CT molecular complexity index is 976. The Kier molecular flexibility index (Phi) is 16.8. The van der Waals surface area contributed by atoms with Crippen LogP contribution in [0.25, 0.3) is 0 Å². The molecule has 2 rings (SSSR count). The summed E-state index contributed by atoms with van der Waals surface area (Å²) in [6, 6.07) is 1.31. The van der Waals surface area contributed by atoms with Crippen LogP contribution in [0.15, 0.2) is 21.9 Å². The minimum Gasteiger partial charge on any atom is -0.408 e. The van der Waals surface area contributed by atoms with Crippen LogP contribution >= 0.6 is 0 Å². The van der Waals surface area contributed by atoms with Crippen LogP contribution in [0.1, 0.15) is 124 Å². The first-order chi connectivity index (χ1) is 20.0. The van der Waals surface area contributed by atoms with Crippen molar-refractivity contribution in [1.82, 2.24) is 15.0 Å². The summed E-state index contributed by atoms with van der Waals surface area (Å²) < 4.78 is 20.3. The lowest BCUT2D eigenvalue weighted by molar-refractivity contribution is -0.0885. The minimum atomic E-state index is -2.20. The third-order valence-electron chi connectivity index (χ3n) is 8.90. The van der Waals surface area contributed by atoms with Crippen LogP contribution in [0.3, 0.4) is 0 Å². The molecule has 4 atom stereocenters. The monoisotopic (exact) mass is 611 g/mol. The van der Waals surface area contributed by atoms with E-state index in [1.165, 1.54) is 100 Å². The summed E-state index contributed by atoms with van der Waals surface area (Å²) in [7, 11) is -0.603. The maximum Gasteiger partial charge on any atom is 0.330 e. The molecule has 244 valence electrons. The van der Waals surface area contributed by atoms with Gasteiger partial charge in [-0.05, 0) is 24.6 Å². The SMILES string of the molecule is CCCCCCCCCCCCCCCCNOCC1OC(n2ccc(=O)[nH]c2=O)C(OC)C1O[Si](C)(C)C(C)(C)C. The van der Waals surface area contributed by atoms with Gasteiger partial charge in [-0.2, -0.15) is 0 Å². The van der Waals surface area contributed by atoms with Gasteiger partial charge in [0.25, 0.3) is 5.56 Å². The molecule has 0 amide bonds. The second-order valence-electron chi connectivity index (χ2n) is 13.4. The molecule has 1 aliphatic rings. The summed E-state index contributed by atoms with van der Waals surface area (Å²) in [5, 5.41) is -0.0181. The molecule has 1 aromatic heterocycles. The summed E-state index contributed by atoms with van der Waals surface area (Å²) >= 11 is 0. The molecule has 1 fully saturated rings. The molecule has 0 bridgehead atoms. The number of hydrogen-bond donors (Lipinski definition) is 2. The number of unbranched alkanes of at least 4 members (excludes halogenated alkanes) is 13. The number of aromatic nitrogens is 2. The molecule has 1 saturated heterocycles. The first-order valence-corrected chi connectivity index (χ1v) is 19.4. The van der Waals surface area contributed by atoms with E-state index < -0.39 is 44.1 Å². The minimum absolute atomic E-state index is 0.0181. The highest BCUT2D eigenvalue weighted by Crippen LogP contribution is 2.41. The molecule has 42 heavy (non-hydrogen) atoms. The van der Waals surface area contributed by atoms with E-state index in [-0.39, 0.29) is 11.6 Å². The highest BCUT2D eigenvalue weighted by Gasteiger charge is 2.51. The maximum absolute atomic E-state index is 12.6. The van der Waals surface area contributed by atoms with Crippen molar-refractivity contribution in [3.05, 3.63) is 33.1 Å². The van der Waals surface area contributed by atoms with Gasteiger partial charge in [0, 0.05) is 25.9 Å². The Hall–Kier alpha value is -1.30. The van der Waals surface area contributed by atoms with Crippen LogP contribution in [0.2, 0.25) is 18.1 Å². The standard InChI is InChI=1S/C32H61N3O6Si/c1-8-9-10-11-12-13-14-15-16-17-18-19-20-21-23-33-39-25-26-28(41-42(6,7)32(2,3)4)29(38-5)30(40-26)35-24-22-27(36)34-31(35)37/h22,24,26,28-30,33H,8-21,23,25H2,1-7H3,(H,34,36,37). The molecule has 2 heterocycles. The third-order valence-corrected chi connectivity index (χ3v) is 13.4. The Morgan fingerprint density at radius 1 is 0.905 bits per heavy atom. The van der Waals surface area contributed by atoms with Gasteiger partial charge in [0.2, 0.25) is 0 Å². The van der Waals surface area contributed by atoms with Gasteiger partial charge >= 0.3 is 5.69 Å². The van der Waals surface area contributed by atoms with Crippen LogP contribution in [0.4, 0.5) is 0 Å². The lowest BCUT2D eigenvalue weighted by Crippen LogP contribution is -2.50. The highest BCUT2D eigenvalue weighted by molar-refractivity contribution is 6.74. The lowest BCUT2D eigenvalue weighted by atomic mass is 10.0. The number of nitrogens with one attached hydrogen (secondary N) is 2. The van der Waals surface area contributed by atoms with E-state index in [1.54, 1.807) is 7.11 Å². The van der Waals surface area contributed by atoms with Crippen molar-refractivity contribution in [1.29, 1.82) is 0 Å². The summed E-state index contributed by atoms with van der Waals surface area (Å²) in [6.07, 6.45) is 17.9. The van der Waals surface area contributed by atoms with Gasteiger partial charge in [-0.25, -0.2) is 10.3 Å². The van der Waals surface area contributed by atoms with Gasteiger partial charge in [0.15, 0.2) is 14.5 Å². The number of hydroxylamine groups is 1. The fraction of sp³-hybridized carbons (Fsp3) is 0.875. The van der Waals surface area contributed by atoms with Crippen molar-refractivity contribution in [2.24, 2.45) is 0 Å². The molecule has 0 aliphatic carbocycles. The molecule has 9 nitrogen and oxygen atoms in total. The molecule has 0 saturated carbocycles.